The van der Waals surface area contributed by atoms with Gasteiger partial charge in [0.05, 0.1) is 0 Å². The molecule has 0 aromatic heterocycles. The van der Waals surface area contributed by atoms with Crippen LogP contribution in [0.25, 0.3) is 0 Å². The molecule has 5 rings (SSSR count). The predicted molar refractivity (Wildman–Crippen MR) is 125 cm³/mol. The highest BCUT2D eigenvalue weighted by molar-refractivity contribution is 5.86. The van der Waals surface area contributed by atoms with Gasteiger partial charge in [0, 0.05) is 37.3 Å². The number of carbonyl (C=O) groups is 2. The molecular formula is C26H32N4O3. The Labute approximate surface area is 195 Å². The first kappa shape index (κ1) is 22.1. The van der Waals surface area contributed by atoms with Crippen LogP contribution in [0.3, 0.4) is 0 Å². The number of ether oxygens (including phenoxy) is 1. The summed E-state index contributed by atoms with van der Waals surface area (Å²) in [6.07, 6.45) is 3.75. The molecule has 7 heteroatoms. The van der Waals surface area contributed by atoms with Crippen molar-refractivity contribution in [2.24, 2.45) is 0 Å². The molecule has 3 heterocycles. The van der Waals surface area contributed by atoms with E-state index in [1.54, 1.807) is 0 Å². The van der Waals surface area contributed by atoms with Crippen molar-refractivity contribution in [2.45, 2.75) is 37.1 Å². The van der Waals surface area contributed by atoms with Crippen molar-refractivity contribution in [2.75, 3.05) is 39.3 Å². The molecule has 3 aliphatic rings. The van der Waals surface area contributed by atoms with Gasteiger partial charge in [0.2, 0.25) is 11.6 Å². The minimum atomic E-state index is -1.14. The fourth-order valence-electron chi connectivity index (χ4n) is 5.44. The van der Waals surface area contributed by atoms with Gasteiger partial charge in [0.15, 0.2) is 0 Å². The molecule has 2 atom stereocenters. The molecular weight excluding hydrogens is 416 g/mol. The second-order valence-electron chi connectivity index (χ2n) is 9.09. The summed E-state index contributed by atoms with van der Waals surface area (Å²) in [6, 6.07) is 18.5. The Morgan fingerprint density at radius 2 is 1.61 bits per heavy atom. The van der Waals surface area contributed by atoms with Crippen molar-refractivity contribution in [3.05, 3.63) is 71.8 Å². The van der Waals surface area contributed by atoms with Crippen LogP contribution in [0.15, 0.2) is 60.7 Å². The minimum Gasteiger partial charge on any atom is -0.434 e. The first-order valence-electron chi connectivity index (χ1n) is 12.0. The van der Waals surface area contributed by atoms with Crippen LogP contribution in [0.1, 0.15) is 30.4 Å². The van der Waals surface area contributed by atoms with E-state index < -0.39 is 17.8 Å². The van der Waals surface area contributed by atoms with E-state index in [9.17, 15) is 9.59 Å². The van der Waals surface area contributed by atoms with E-state index in [4.69, 9.17) is 4.74 Å². The molecule has 3 saturated heterocycles. The van der Waals surface area contributed by atoms with Crippen LogP contribution in [0, 0.1) is 0 Å². The number of nitrogens with zero attached hydrogens (tertiary/aromatic N) is 2. The second-order valence-corrected chi connectivity index (χ2v) is 9.09. The average molecular weight is 449 g/mol. The molecule has 3 fully saturated rings. The summed E-state index contributed by atoms with van der Waals surface area (Å²) < 4.78 is 6.21. The van der Waals surface area contributed by atoms with Crippen molar-refractivity contribution in [3.8, 4) is 0 Å². The number of cyclic esters (lactones) is 1. The SMILES string of the molecule is O=C(NCCN1CCCCC1)C1CNCC2C(=O)OC(c3ccccc3)(c3ccccc3)N12. The van der Waals surface area contributed by atoms with Crippen molar-refractivity contribution >= 4 is 11.9 Å². The van der Waals surface area contributed by atoms with E-state index in [2.05, 4.69) is 15.5 Å². The summed E-state index contributed by atoms with van der Waals surface area (Å²) in [5, 5.41) is 6.42. The molecule has 0 bridgehead atoms. The molecule has 0 radical (unpaired) electrons. The van der Waals surface area contributed by atoms with E-state index >= 15 is 0 Å². The summed E-state index contributed by atoms with van der Waals surface area (Å²) in [7, 11) is 0. The van der Waals surface area contributed by atoms with Gasteiger partial charge in [-0.25, -0.2) is 4.90 Å². The van der Waals surface area contributed by atoms with Crippen LogP contribution in [0.5, 0.6) is 0 Å². The molecule has 7 nitrogen and oxygen atoms in total. The average Bonchev–Trinajstić information content (AvgIpc) is 3.19. The smallest absolute Gasteiger partial charge is 0.327 e. The number of benzene rings is 2. The van der Waals surface area contributed by atoms with Crippen molar-refractivity contribution in [1.82, 2.24) is 20.4 Å². The number of esters is 1. The van der Waals surface area contributed by atoms with Crippen LogP contribution in [0.2, 0.25) is 0 Å². The van der Waals surface area contributed by atoms with Crippen LogP contribution in [0.4, 0.5) is 0 Å². The fourth-order valence-corrected chi connectivity index (χ4v) is 5.44. The van der Waals surface area contributed by atoms with Crippen molar-refractivity contribution in [1.29, 1.82) is 0 Å². The molecule has 2 unspecified atom stereocenters. The molecule has 33 heavy (non-hydrogen) atoms. The first-order chi connectivity index (χ1) is 16.2. The summed E-state index contributed by atoms with van der Waals surface area (Å²) in [5.41, 5.74) is 0.557. The number of piperazine rings is 1. The maximum atomic E-state index is 13.5. The Morgan fingerprint density at radius 3 is 2.24 bits per heavy atom. The van der Waals surface area contributed by atoms with Gasteiger partial charge in [-0.2, -0.15) is 0 Å². The Bertz CT molecular complexity index is 923. The van der Waals surface area contributed by atoms with Crippen LogP contribution in [-0.4, -0.2) is 73.0 Å². The third kappa shape index (κ3) is 4.16. The van der Waals surface area contributed by atoms with Gasteiger partial charge in [-0.05, 0) is 25.9 Å². The predicted octanol–water partition coefficient (Wildman–Crippen LogP) is 1.69. The van der Waals surface area contributed by atoms with Gasteiger partial charge in [-0.1, -0.05) is 67.1 Å². The zero-order valence-corrected chi connectivity index (χ0v) is 18.9. The standard InChI is InChI=1S/C26H32N4O3/c31-24(28-14-17-29-15-8-3-9-16-29)22-18-27-19-23-25(32)33-26(30(22)23,20-10-4-1-5-11-20)21-12-6-2-7-13-21/h1-2,4-7,10-13,22-23,27H,3,8-9,14-19H2,(H,28,31). The van der Waals surface area contributed by atoms with Gasteiger partial charge in [0.25, 0.3) is 0 Å². The third-order valence-corrected chi connectivity index (χ3v) is 7.04. The number of carbonyl (C=O) groups excluding carboxylic acids is 2. The highest BCUT2D eigenvalue weighted by Gasteiger charge is 2.60. The lowest BCUT2D eigenvalue weighted by molar-refractivity contribution is -0.153. The number of likely N-dealkylation sites (tertiary alicyclic amines) is 1. The lowest BCUT2D eigenvalue weighted by atomic mass is 9.90. The molecule has 174 valence electrons. The van der Waals surface area contributed by atoms with E-state index in [1.165, 1.54) is 19.3 Å². The number of hydrogen-bond acceptors (Lipinski definition) is 6. The number of rotatable bonds is 6. The third-order valence-electron chi connectivity index (χ3n) is 7.04. The summed E-state index contributed by atoms with van der Waals surface area (Å²) in [6.45, 7) is 4.58. The molecule has 2 aromatic rings. The summed E-state index contributed by atoms with van der Waals surface area (Å²) in [4.78, 5) is 31.0. The molecule has 0 aliphatic carbocycles. The Kier molecular flexibility index (Phi) is 6.44. The largest absolute Gasteiger partial charge is 0.434 e. The molecule has 2 aromatic carbocycles. The van der Waals surface area contributed by atoms with E-state index in [-0.39, 0.29) is 11.9 Å². The van der Waals surface area contributed by atoms with Gasteiger partial charge in [0.1, 0.15) is 12.1 Å². The zero-order valence-electron chi connectivity index (χ0n) is 18.9. The fraction of sp³-hybridized carbons (Fsp3) is 0.462. The molecule has 0 spiro atoms. The van der Waals surface area contributed by atoms with Gasteiger partial charge >= 0.3 is 5.97 Å². The van der Waals surface area contributed by atoms with E-state index in [0.717, 1.165) is 30.8 Å². The van der Waals surface area contributed by atoms with Gasteiger partial charge < -0.3 is 20.3 Å². The van der Waals surface area contributed by atoms with E-state index in [0.29, 0.717) is 19.6 Å². The minimum absolute atomic E-state index is 0.0706. The number of hydrogen-bond donors (Lipinski definition) is 2. The number of fused-ring (bicyclic) bond motifs is 1. The maximum Gasteiger partial charge on any atom is 0.327 e. The quantitative estimate of drug-likeness (QED) is 0.656. The molecule has 3 aliphatic heterocycles. The lowest BCUT2D eigenvalue weighted by Gasteiger charge is -2.44. The number of amides is 1. The monoisotopic (exact) mass is 448 g/mol. The normalized spacial score (nSPS) is 25.3. The van der Waals surface area contributed by atoms with Crippen molar-refractivity contribution in [3.63, 3.8) is 0 Å². The topological polar surface area (TPSA) is 73.9 Å². The zero-order chi connectivity index (χ0) is 22.7. The van der Waals surface area contributed by atoms with Gasteiger partial charge in [-0.15, -0.1) is 0 Å². The maximum absolute atomic E-state index is 13.5. The van der Waals surface area contributed by atoms with Crippen molar-refractivity contribution < 1.29 is 14.3 Å². The summed E-state index contributed by atoms with van der Waals surface area (Å²) in [5.74, 6) is -0.375. The Morgan fingerprint density at radius 1 is 0.970 bits per heavy atom. The summed E-state index contributed by atoms with van der Waals surface area (Å²) >= 11 is 0. The van der Waals surface area contributed by atoms with Crippen LogP contribution >= 0.6 is 0 Å². The highest BCUT2D eigenvalue weighted by Crippen LogP contribution is 2.45. The molecule has 0 saturated carbocycles. The molecule has 2 N–H and O–H groups in total. The van der Waals surface area contributed by atoms with Gasteiger partial charge in [-0.3, -0.25) is 9.59 Å². The highest BCUT2D eigenvalue weighted by atomic mass is 16.6. The number of piperidine rings is 1. The van der Waals surface area contributed by atoms with Crippen LogP contribution in [-0.2, 0) is 20.1 Å². The van der Waals surface area contributed by atoms with E-state index in [1.807, 2.05) is 65.6 Å². The Balaban J connectivity index is 1.45. The Hall–Kier alpha value is -2.74. The second kappa shape index (κ2) is 9.63. The van der Waals surface area contributed by atoms with Crippen LogP contribution < -0.4 is 10.6 Å². The molecule has 1 amide bonds. The number of nitrogens with one attached hydrogen (secondary N) is 2. The lowest BCUT2D eigenvalue weighted by Crippen LogP contribution is -2.66. The first-order valence-corrected chi connectivity index (χ1v) is 12.0.